The number of rotatable bonds is 3. The quantitative estimate of drug-likeness (QED) is 0.770. The predicted molar refractivity (Wildman–Crippen MR) is 93.3 cm³/mol. The lowest BCUT2D eigenvalue weighted by molar-refractivity contribution is -0.137. The summed E-state index contributed by atoms with van der Waals surface area (Å²) in [4.78, 5) is 14.6. The fourth-order valence-corrected chi connectivity index (χ4v) is 4.73. The highest BCUT2D eigenvalue weighted by molar-refractivity contribution is 7.89. The summed E-state index contributed by atoms with van der Waals surface area (Å²) >= 11 is 5.82. The average molecular weight is 369 g/mol. The average Bonchev–Trinajstić information content (AvgIpc) is 2.62. The van der Waals surface area contributed by atoms with Crippen LogP contribution in [0, 0.1) is 5.92 Å². The van der Waals surface area contributed by atoms with Crippen molar-refractivity contribution in [3.05, 3.63) is 41.4 Å². The smallest absolute Gasteiger partial charge is 0.243 e. The maximum Gasteiger partial charge on any atom is 0.243 e. The Labute approximate surface area is 147 Å². The summed E-state index contributed by atoms with van der Waals surface area (Å²) in [6.07, 6.45) is 6.80. The molecule has 1 aromatic rings. The topological polar surface area (TPSA) is 57.7 Å². The molecule has 0 radical (unpaired) electrons. The van der Waals surface area contributed by atoms with Crippen molar-refractivity contribution in [2.45, 2.75) is 24.2 Å². The summed E-state index contributed by atoms with van der Waals surface area (Å²) in [5.41, 5.74) is 0. The summed E-state index contributed by atoms with van der Waals surface area (Å²) in [6.45, 7) is 1.57. The van der Waals surface area contributed by atoms with E-state index in [9.17, 15) is 13.2 Å². The third-order valence-corrected chi connectivity index (χ3v) is 6.78. The van der Waals surface area contributed by atoms with Crippen LogP contribution in [0.2, 0.25) is 5.02 Å². The van der Waals surface area contributed by atoms with E-state index in [1.54, 1.807) is 17.0 Å². The molecule has 1 aliphatic carbocycles. The Kier molecular flexibility index (Phi) is 5.27. The summed E-state index contributed by atoms with van der Waals surface area (Å²) < 4.78 is 26.7. The molecule has 24 heavy (non-hydrogen) atoms. The molecule has 5 nitrogen and oxygen atoms in total. The van der Waals surface area contributed by atoms with E-state index in [1.807, 2.05) is 0 Å². The van der Waals surface area contributed by atoms with Crippen LogP contribution in [-0.4, -0.2) is 49.7 Å². The van der Waals surface area contributed by atoms with Gasteiger partial charge in [-0.2, -0.15) is 4.31 Å². The molecular formula is C17H21ClN2O3S. The van der Waals surface area contributed by atoms with Gasteiger partial charge in [-0.05, 0) is 43.5 Å². The van der Waals surface area contributed by atoms with Crippen LogP contribution in [0.15, 0.2) is 41.3 Å². The molecule has 1 heterocycles. The molecule has 1 aromatic carbocycles. The van der Waals surface area contributed by atoms with Crippen molar-refractivity contribution in [3.8, 4) is 0 Å². The van der Waals surface area contributed by atoms with Crippen molar-refractivity contribution in [2.24, 2.45) is 5.92 Å². The second-order valence-electron chi connectivity index (χ2n) is 6.16. The van der Waals surface area contributed by atoms with Gasteiger partial charge in [0.05, 0.1) is 4.90 Å². The highest BCUT2D eigenvalue weighted by atomic mass is 35.5. The van der Waals surface area contributed by atoms with E-state index < -0.39 is 10.0 Å². The van der Waals surface area contributed by atoms with Crippen molar-refractivity contribution >= 4 is 27.5 Å². The summed E-state index contributed by atoms with van der Waals surface area (Å²) in [6, 6.07) is 6.18. The van der Waals surface area contributed by atoms with Crippen molar-refractivity contribution in [3.63, 3.8) is 0 Å². The van der Waals surface area contributed by atoms with E-state index in [0.29, 0.717) is 31.2 Å². The van der Waals surface area contributed by atoms with Gasteiger partial charge in [0, 0.05) is 37.1 Å². The number of carbonyl (C=O) groups is 1. The minimum absolute atomic E-state index is 0.0504. The number of nitrogens with zero attached hydrogens (tertiary/aromatic N) is 2. The molecule has 3 rings (SSSR count). The van der Waals surface area contributed by atoms with Gasteiger partial charge in [0.25, 0.3) is 0 Å². The Morgan fingerprint density at radius 1 is 1.04 bits per heavy atom. The minimum atomic E-state index is -3.53. The van der Waals surface area contributed by atoms with Crippen LogP contribution in [0.3, 0.4) is 0 Å². The second kappa shape index (κ2) is 7.25. The van der Waals surface area contributed by atoms with Gasteiger partial charge in [0.15, 0.2) is 0 Å². The molecular weight excluding hydrogens is 348 g/mol. The lowest BCUT2D eigenvalue weighted by Gasteiger charge is -2.36. The van der Waals surface area contributed by atoms with E-state index in [0.717, 1.165) is 19.3 Å². The van der Waals surface area contributed by atoms with Crippen LogP contribution in [0.5, 0.6) is 0 Å². The Balaban J connectivity index is 1.63. The first-order valence-electron chi connectivity index (χ1n) is 8.18. The number of piperazine rings is 1. The Hall–Kier alpha value is -1.37. The van der Waals surface area contributed by atoms with Gasteiger partial charge in [-0.25, -0.2) is 8.42 Å². The second-order valence-corrected chi connectivity index (χ2v) is 8.54. The number of sulfonamides is 1. The van der Waals surface area contributed by atoms with Gasteiger partial charge >= 0.3 is 0 Å². The molecule has 0 N–H and O–H groups in total. The van der Waals surface area contributed by atoms with Gasteiger partial charge < -0.3 is 4.90 Å². The number of allylic oxidation sites excluding steroid dienone is 2. The third kappa shape index (κ3) is 3.66. The maximum atomic E-state index is 12.6. The number of benzene rings is 1. The van der Waals surface area contributed by atoms with Gasteiger partial charge in [0.2, 0.25) is 15.9 Å². The van der Waals surface area contributed by atoms with Crippen LogP contribution in [0.25, 0.3) is 0 Å². The van der Waals surface area contributed by atoms with Crippen molar-refractivity contribution < 1.29 is 13.2 Å². The molecule has 0 aromatic heterocycles. The van der Waals surface area contributed by atoms with Crippen LogP contribution >= 0.6 is 11.6 Å². The normalized spacial score (nSPS) is 22.5. The molecule has 1 aliphatic heterocycles. The first-order valence-corrected chi connectivity index (χ1v) is 10.00. The lowest BCUT2D eigenvalue weighted by atomic mass is 9.93. The Morgan fingerprint density at radius 3 is 2.29 bits per heavy atom. The fourth-order valence-electron chi connectivity index (χ4n) is 3.18. The third-order valence-electron chi connectivity index (χ3n) is 4.62. The highest BCUT2D eigenvalue weighted by Gasteiger charge is 2.32. The summed E-state index contributed by atoms with van der Waals surface area (Å²) in [7, 11) is -3.53. The number of hydrogen-bond donors (Lipinski definition) is 0. The molecule has 1 fully saturated rings. The molecule has 0 saturated carbocycles. The molecule has 0 bridgehead atoms. The van der Waals surface area contributed by atoms with E-state index in [2.05, 4.69) is 12.2 Å². The number of hydrogen-bond acceptors (Lipinski definition) is 3. The zero-order valence-corrected chi connectivity index (χ0v) is 15.0. The first-order chi connectivity index (χ1) is 11.5. The van der Waals surface area contributed by atoms with Gasteiger partial charge in [-0.1, -0.05) is 23.8 Å². The molecule has 0 spiro atoms. The molecule has 2 aliphatic rings. The van der Waals surface area contributed by atoms with Crippen LogP contribution < -0.4 is 0 Å². The number of carbonyl (C=O) groups excluding carboxylic acids is 1. The SMILES string of the molecule is O=C(C1CC=CCC1)N1CCN(S(=O)(=O)c2ccc(Cl)cc2)CC1. The van der Waals surface area contributed by atoms with Crippen molar-refractivity contribution in [1.82, 2.24) is 9.21 Å². The number of amides is 1. The zero-order chi connectivity index (χ0) is 17.2. The number of halogens is 1. The van der Waals surface area contributed by atoms with Crippen LogP contribution in [-0.2, 0) is 14.8 Å². The van der Waals surface area contributed by atoms with Gasteiger partial charge in [0.1, 0.15) is 0 Å². The summed E-state index contributed by atoms with van der Waals surface area (Å²) in [5.74, 6) is 0.206. The fraction of sp³-hybridized carbons (Fsp3) is 0.471. The van der Waals surface area contributed by atoms with E-state index >= 15 is 0 Å². The molecule has 130 valence electrons. The summed E-state index contributed by atoms with van der Waals surface area (Å²) in [5, 5.41) is 0.505. The Morgan fingerprint density at radius 2 is 1.71 bits per heavy atom. The highest BCUT2D eigenvalue weighted by Crippen LogP contribution is 2.23. The molecule has 7 heteroatoms. The monoisotopic (exact) mass is 368 g/mol. The predicted octanol–water partition coefficient (Wildman–Crippen LogP) is 2.53. The minimum Gasteiger partial charge on any atom is -0.340 e. The van der Waals surface area contributed by atoms with E-state index in [-0.39, 0.29) is 16.7 Å². The van der Waals surface area contributed by atoms with E-state index in [4.69, 9.17) is 11.6 Å². The maximum absolute atomic E-state index is 12.6. The van der Waals surface area contributed by atoms with Crippen molar-refractivity contribution in [1.29, 1.82) is 0 Å². The van der Waals surface area contributed by atoms with Gasteiger partial charge in [-0.15, -0.1) is 0 Å². The van der Waals surface area contributed by atoms with E-state index in [1.165, 1.54) is 16.4 Å². The largest absolute Gasteiger partial charge is 0.340 e. The van der Waals surface area contributed by atoms with Crippen molar-refractivity contribution in [2.75, 3.05) is 26.2 Å². The zero-order valence-electron chi connectivity index (χ0n) is 13.4. The van der Waals surface area contributed by atoms with Gasteiger partial charge in [-0.3, -0.25) is 4.79 Å². The molecule has 1 unspecified atom stereocenters. The molecule has 1 saturated heterocycles. The molecule has 1 atom stereocenters. The van der Waals surface area contributed by atoms with Crippen LogP contribution in [0.1, 0.15) is 19.3 Å². The molecule has 1 amide bonds. The van der Waals surface area contributed by atoms with Crippen LogP contribution in [0.4, 0.5) is 0 Å². The lowest BCUT2D eigenvalue weighted by Crippen LogP contribution is -2.51. The standard InChI is InChI=1S/C17H21ClN2O3S/c18-15-6-8-16(9-7-15)24(22,23)20-12-10-19(11-13-20)17(21)14-4-2-1-3-5-14/h1-2,6-9,14H,3-5,10-13H2. The first kappa shape index (κ1) is 17.5. The Bertz CT molecular complexity index is 723.